The summed E-state index contributed by atoms with van der Waals surface area (Å²) in [6.07, 6.45) is 3.54. The fourth-order valence-electron chi connectivity index (χ4n) is 6.91. The molecule has 3 aliphatic rings. The molecule has 3 aromatic heterocycles. The molecule has 1 saturated carbocycles. The molecule has 1 N–H and O–H groups in total. The van der Waals surface area contributed by atoms with Crippen molar-refractivity contribution in [1.29, 1.82) is 5.26 Å². The Kier molecular flexibility index (Phi) is 5.28. The van der Waals surface area contributed by atoms with E-state index in [0.29, 0.717) is 40.0 Å². The van der Waals surface area contributed by atoms with Crippen LogP contribution in [-0.4, -0.2) is 54.8 Å². The number of ether oxygens (including phenoxy) is 1. The molecule has 1 aromatic carbocycles. The average Bonchev–Trinajstić information content (AvgIpc) is 3.44. The standard InChI is InChI=1S/C29H23F3N6O3/c1-28(40)10-29(11-28,12-33)25-17(30)6-14(9-34-25)18-8-19-23-16-7-20(24(23)36-38(19)13-35-18)37(2)26(39)15-4-3-5-21(22(15)16)41-27(31)32/h3-6,8-9,13,16,20,27,40H,7,10-11H2,1-2H3. The molecule has 2 aliphatic carbocycles. The molecule has 1 aliphatic heterocycles. The molecule has 4 aromatic rings. The third-order valence-electron chi connectivity index (χ3n) is 8.54. The number of carbonyl (C=O) groups excluding carboxylic acids is 1. The van der Waals surface area contributed by atoms with E-state index in [9.17, 15) is 23.9 Å². The van der Waals surface area contributed by atoms with Crippen LogP contribution in [0.4, 0.5) is 13.2 Å². The number of amides is 1. The topological polar surface area (TPSA) is 117 Å². The fourth-order valence-corrected chi connectivity index (χ4v) is 6.91. The Labute approximate surface area is 231 Å². The molecule has 0 spiro atoms. The number of halogens is 3. The Morgan fingerprint density at radius 1 is 1.22 bits per heavy atom. The molecule has 0 radical (unpaired) electrons. The van der Waals surface area contributed by atoms with Crippen molar-refractivity contribution in [2.75, 3.05) is 7.05 Å². The highest BCUT2D eigenvalue weighted by atomic mass is 19.3. The number of nitriles is 1. The van der Waals surface area contributed by atoms with E-state index in [1.165, 1.54) is 30.7 Å². The van der Waals surface area contributed by atoms with Gasteiger partial charge in [0.15, 0.2) is 0 Å². The number of benzene rings is 1. The van der Waals surface area contributed by atoms with E-state index in [4.69, 9.17) is 4.74 Å². The van der Waals surface area contributed by atoms with E-state index >= 15 is 4.39 Å². The van der Waals surface area contributed by atoms with Crippen LogP contribution in [0.25, 0.3) is 16.8 Å². The second kappa shape index (κ2) is 8.50. The van der Waals surface area contributed by atoms with Crippen molar-refractivity contribution in [3.05, 3.63) is 76.8 Å². The minimum atomic E-state index is -3.06. The Bertz CT molecular complexity index is 1810. The van der Waals surface area contributed by atoms with E-state index in [1.54, 1.807) is 35.5 Å². The number of alkyl halides is 2. The van der Waals surface area contributed by atoms with Crippen LogP contribution in [0.2, 0.25) is 0 Å². The van der Waals surface area contributed by atoms with Gasteiger partial charge in [-0.25, -0.2) is 13.9 Å². The predicted molar refractivity (Wildman–Crippen MR) is 138 cm³/mol. The Balaban J connectivity index is 1.34. The van der Waals surface area contributed by atoms with Crippen LogP contribution >= 0.6 is 0 Å². The number of hydrogen-bond acceptors (Lipinski definition) is 7. The van der Waals surface area contributed by atoms with Gasteiger partial charge in [0, 0.05) is 54.3 Å². The zero-order valence-corrected chi connectivity index (χ0v) is 22.0. The lowest BCUT2D eigenvalue weighted by atomic mass is 9.59. The summed E-state index contributed by atoms with van der Waals surface area (Å²) in [7, 11) is 1.66. The van der Waals surface area contributed by atoms with Crippen molar-refractivity contribution in [3.8, 4) is 23.1 Å². The van der Waals surface area contributed by atoms with Crippen LogP contribution in [0.5, 0.6) is 5.75 Å². The smallest absolute Gasteiger partial charge is 0.387 e. The van der Waals surface area contributed by atoms with Crippen molar-refractivity contribution in [2.45, 2.75) is 55.8 Å². The zero-order valence-electron chi connectivity index (χ0n) is 22.0. The summed E-state index contributed by atoms with van der Waals surface area (Å²) in [5.41, 5.74) is 1.21. The number of fused-ring (bicyclic) bond motifs is 9. The molecule has 1 fully saturated rings. The molecule has 2 unspecified atom stereocenters. The van der Waals surface area contributed by atoms with Gasteiger partial charge in [-0.1, -0.05) is 6.07 Å². The second-order valence-corrected chi connectivity index (χ2v) is 11.3. The third-order valence-corrected chi connectivity index (χ3v) is 8.54. The molecule has 7 rings (SSSR count). The first kappa shape index (κ1) is 25.5. The maximum Gasteiger partial charge on any atom is 0.387 e. The van der Waals surface area contributed by atoms with Crippen LogP contribution in [0.1, 0.15) is 71.0 Å². The minimum Gasteiger partial charge on any atom is -0.434 e. The van der Waals surface area contributed by atoms with E-state index in [-0.39, 0.29) is 30.2 Å². The molecule has 12 heteroatoms. The fraction of sp³-hybridized carbons (Fsp3) is 0.345. The summed E-state index contributed by atoms with van der Waals surface area (Å²) in [5.74, 6) is -1.50. The number of pyridine rings is 1. The molecule has 1 amide bonds. The molecular formula is C29H23F3N6O3. The van der Waals surface area contributed by atoms with E-state index < -0.39 is 35.4 Å². The van der Waals surface area contributed by atoms with Gasteiger partial charge in [-0.2, -0.15) is 19.1 Å². The van der Waals surface area contributed by atoms with Crippen molar-refractivity contribution < 1.29 is 27.8 Å². The van der Waals surface area contributed by atoms with E-state index in [2.05, 4.69) is 21.1 Å². The summed E-state index contributed by atoms with van der Waals surface area (Å²) in [6, 6.07) is 9.28. The van der Waals surface area contributed by atoms with Gasteiger partial charge in [0.05, 0.1) is 40.3 Å². The van der Waals surface area contributed by atoms with Gasteiger partial charge in [0.2, 0.25) is 0 Å². The molecule has 2 bridgehead atoms. The lowest BCUT2D eigenvalue weighted by Crippen LogP contribution is -2.52. The number of aliphatic hydroxyl groups is 1. The number of aromatic nitrogens is 4. The second-order valence-electron chi connectivity index (χ2n) is 11.3. The highest BCUT2D eigenvalue weighted by Gasteiger charge is 2.55. The van der Waals surface area contributed by atoms with Crippen LogP contribution in [0.3, 0.4) is 0 Å². The van der Waals surface area contributed by atoms with Crippen LogP contribution in [0, 0.1) is 17.1 Å². The SMILES string of the molecule is CN1C(=O)c2cccc(OC(F)F)c2C2CC1c1nn3cnc(-c4cnc(C5(C#N)CC(C)(O)C5)c(F)c4)cc3c12. The highest BCUT2D eigenvalue weighted by Crippen LogP contribution is 2.54. The normalized spacial score (nSPS) is 26.4. The first-order valence-electron chi connectivity index (χ1n) is 13.0. The third kappa shape index (κ3) is 3.65. The summed E-state index contributed by atoms with van der Waals surface area (Å²) < 4.78 is 48.4. The quantitative estimate of drug-likeness (QED) is 0.391. The summed E-state index contributed by atoms with van der Waals surface area (Å²) in [5, 5.41) is 24.6. The van der Waals surface area contributed by atoms with Gasteiger partial charge in [0.25, 0.3) is 5.91 Å². The van der Waals surface area contributed by atoms with Gasteiger partial charge in [-0.15, -0.1) is 0 Å². The van der Waals surface area contributed by atoms with E-state index in [1.807, 2.05) is 0 Å². The number of hydrogen-bond donors (Lipinski definition) is 1. The highest BCUT2D eigenvalue weighted by molar-refractivity contribution is 5.98. The summed E-state index contributed by atoms with van der Waals surface area (Å²) in [6.45, 7) is -1.46. The molecule has 2 atom stereocenters. The monoisotopic (exact) mass is 560 g/mol. The average molecular weight is 561 g/mol. The van der Waals surface area contributed by atoms with Gasteiger partial charge in [-0.3, -0.25) is 9.78 Å². The lowest BCUT2D eigenvalue weighted by Gasteiger charge is -2.46. The first-order chi connectivity index (χ1) is 19.5. The van der Waals surface area contributed by atoms with Crippen molar-refractivity contribution in [2.24, 2.45) is 0 Å². The van der Waals surface area contributed by atoms with Crippen molar-refractivity contribution >= 4 is 11.4 Å². The number of carbonyl (C=O) groups is 1. The predicted octanol–water partition coefficient (Wildman–Crippen LogP) is 4.50. The van der Waals surface area contributed by atoms with Crippen LogP contribution in [0.15, 0.2) is 42.9 Å². The van der Waals surface area contributed by atoms with Crippen LogP contribution in [-0.2, 0) is 5.41 Å². The summed E-state index contributed by atoms with van der Waals surface area (Å²) >= 11 is 0. The lowest BCUT2D eigenvalue weighted by molar-refractivity contribution is -0.0579. The van der Waals surface area contributed by atoms with Gasteiger partial charge in [-0.05, 0) is 37.6 Å². The number of nitrogens with zero attached hydrogens (tertiary/aromatic N) is 6. The molecule has 41 heavy (non-hydrogen) atoms. The van der Waals surface area contributed by atoms with Crippen LogP contribution < -0.4 is 4.74 Å². The van der Waals surface area contributed by atoms with Gasteiger partial charge in [0.1, 0.15) is 23.3 Å². The molecule has 9 nitrogen and oxygen atoms in total. The first-order valence-corrected chi connectivity index (χ1v) is 13.0. The zero-order chi connectivity index (χ0) is 28.8. The minimum absolute atomic E-state index is 0.0116. The van der Waals surface area contributed by atoms with Gasteiger partial charge < -0.3 is 14.7 Å². The Hall–Kier alpha value is -4.50. The summed E-state index contributed by atoms with van der Waals surface area (Å²) in [4.78, 5) is 23.6. The maximum absolute atomic E-state index is 15.3. The molecule has 208 valence electrons. The maximum atomic E-state index is 15.3. The molecule has 4 heterocycles. The van der Waals surface area contributed by atoms with E-state index in [0.717, 1.165) is 5.56 Å². The van der Waals surface area contributed by atoms with Gasteiger partial charge >= 0.3 is 6.61 Å². The van der Waals surface area contributed by atoms with Crippen molar-refractivity contribution in [1.82, 2.24) is 24.5 Å². The molecular weight excluding hydrogens is 537 g/mol. The van der Waals surface area contributed by atoms with Crippen molar-refractivity contribution in [3.63, 3.8) is 0 Å². The molecule has 0 saturated heterocycles. The number of rotatable bonds is 4. The Morgan fingerprint density at radius 2 is 2.00 bits per heavy atom. The Morgan fingerprint density at radius 3 is 2.68 bits per heavy atom. The largest absolute Gasteiger partial charge is 0.434 e.